The number of aromatic nitrogens is 2. The van der Waals surface area contributed by atoms with Gasteiger partial charge >= 0.3 is 5.97 Å². The summed E-state index contributed by atoms with van der Waals surface area (Å²) in [7, 11) is 1.38. The molecule has 160 valence electrons. The number of halogens is 1. The standard InChI is InChI=1S/C20H23ClN4O5/c1-20(2,19(27)30-3)13-5-4-10-23(12-13)16-11-22-24(18(26)17(16)21)14-6-8-15(9-7-14)25(28)29/h6-9,11,13H,4-5,10,12H2,1-3H3. The predicted octanol–water partition coefficient (Wildman–Crippen LogP) is 3.21. The number of methoxy groups -OCH3 is 1. The van der Waals surface area contributed by atoms with Crippen LogP contribution in [0.2, 0.25) is 5.02 Å². The fourth-order valence-corrected chi connectivity index (χ4v) is 4.01. The molecule has 0 amide bonds. The average Bonchev–Trinajstić information content (AvgIpc) is 2.75. The van der Waals surface area contributed by atoms with Crippen LogP contribution in [0.3, 0.4) is 0 Å². The zero-order valence-corrected chi connectivity index (χ0v) is 17.8. The van der Waals surface area contributed by atoms with Gasteiger partial charge in [-0.15, -0.1) is 0 Å². The van der Waals surface area contributed by atoms with Crippen LogP contribution < -0.4 is 10.5 Å². The number of carbonyl (C=O) groups is 1. The number of non-ortho nitro benzene ring substituents is 1. The number of rotatable bonds is 5. The van der Waals surface area contributed by atoms with Crippen molar-refractivity contribution in [1.82, 2.24) is 9.78 Å². The molecule has 0 bridgehead atoms. The number of piperidine rings is 1. The third-order valence-corrected chi connectivity index (χ3v) is 6.06. The van der Waals surface area contributed by atoms with Crippen molar-refractivity contribution in [2.45, 2.75) is 26.7 Å². The second-order valence-corrected chi connectivity index (χ2v) is 8.21. The third kappa shape index (κ3) is 4.02. The van der Waals surface area contributed by atoms with Crippen molar-refractivity contribution in [1.29, 1.82) is 0 Å². The van der Waals surface area contributed by atoms with Gasteiger partial charge in [0.05, 0.1) is 35.0 Å². The van der Waals surface area contributed by atoms with E-state index >= 15 is 0 Å². The van der Waals surface area contributed by atoms with Gasteiger partial charge in [-0.25, -0.2) is 0 Å². The molecule has 3 rings (SSSR count). The normalized spacial score (nSPS) is 16.9. The lowest BCUT2D eigenvalue weighted by molar-refractivity contribution is -0.384. The highest BCUT2D eigenvalue weighted by Gasteiger charge is 2.40. The number of nitro groups is 1. The van der Waals surface area contributed by atoms with Crippen molar-refractivity contribution in [3.05, 3.63) is 56.0 Å². The molecule has 1 aromatic heterocycles. The third-order valence-electron chi connectivity index (χ3n) is 5.70. The number of nitrogens with zero attached hydrogens (tertiary/aromatic N) is 4. The fourth-order valence-electron chi connectivity index (χ4n) is 3.76. The van der Waals surface area contributed by atoms with Gasteiger partial charge in [-0.05, 0) is 44.7 Å². The van der Waals surface area contributed by atoms with E-state index in [0.29, 0.717) is 24.5 Å². The van der Waals surface area contributed by atoms with Crippen LogP contribution in [0.5, 0.6) is 0 Å². The Balaban J connectivity index is 1.89. The summed E-state index contributed by atoms with van der Waals surface area (Å²) in [5.41, 5.74) is -0.381. The Hall–Kier alpha value is -2.94. The maximum Gasteiger partial charge on any atom is 0.311 e. The number of carbonyl (C=O) groups excluding carboxylic acids is 1. The highest BCUT2D eigenvalue weighted by atomic mass is 35.5. The van der Waals surface area contributed by atoms with E-state index < -0.39 is 15.9 Å². The minimum Gasteiger partial charge on any atom is -0.469 e. The van der Waals surface area contributed by atoms with Crippen LogP contribution in [0.15, 0.2) is 35.3 Å². The van der Waals surface area contributed by atoms with E-state index in [1.807, 2.05) is 18.7 Å². The van der Waals surface area contributed by atoms with Gasteiger partial charge in [-0.1, -0.05) is 11.6 Å². The van der Waals surface area contributed by atoms with Gasteiger partial charge < -0.3 is 9.64 Å². The second kappa shape index (κ2) is 8.43. The number of esters is 1. The first-order chi connectivity index (χ1) is 14.2. The molecule has 10 heteroatoms. The SMILES string of the molecule is COC(=O)C(C)(C)C1CCCN(c2cnn(-c3ccc([N+](=O)[O-])cc3)c(=O)c2Cl)C1. The lowest BCUT2D eigenvalue weighted by Gasteiger charge is -2.40. The van der Waals surface area contributed by atoms with Gasteiger partial charge in [-0.2, -0.15) is 9.78 Å². The molecule has 0 radical (unpaired) electrons. The van der Waals surface area contributed by atoms with Gasteiger partial charge in [0.2, 0.25) is 0 Å². The zero-order valence-electron chi connectivity index (χ0n) is 17.0. The number of anilines is 1. The molecule has 0 saturated carbocycles. The molecule has 1 aliphatic heterocycles. The van der Waals surface area contributed by atoms with E-state index in [0.717, 1.165) is 17.5 Å². The fraction of sp³-hybridized carbons (Fsp3) is 0.450. The first-order valence-electron chi connectivity index (χ1n) is 9.53. The Labute approximate surface area is 178 Å². The van der Waals surface area contributed by atoms with E-state index in [9.17, 15) is 19.7 Å². The summed E-state index contributed by atoms with van der Waals surface area (Å²) in [6.07, 6.45) is 3.22. The summed E-state index contributed by atoms with van der Waals surface area (Å²) >= 11 is 6.40. The molecule has 1 aliphatic rings. The Morgan fingerprint density at radius 2 is 2.00 bits per heavy atom. The van der Waals surface area contributed by atoms with Crippen molar-refractivity contribution in [3.63, 3.8) is 0 Å². The summed E-state index contributed by atoms with van der Waals surface area (Å²) < 4.78 is 6.06. The Kier molecular flexibility index (Phi) is 6.12. The van der Waals surface area contributed by atoms with Gasteiger partial charge in [0, 0.05) is 25.2 Å². The van der Waals surface area contributed by atoms with Gasteiger partial charge in [0.1, 0.15) is 5.02 Å². The molecular weight excluding hydrogens is 412 g/mol. The van der Waals surface area contributed by atoms with Crippen molar-refractivity contribution in [2.75, 3.05) is 25.1 Å². The summed E-state index contributed by atoms with van der Waals surface area (Å²) in [6.45, 7) is 4.96. The number of hydrogen-bond donors (Lipinski definition) is 0. The molecule has 1 fully saturated rings. The largest absolute Gasteiger partial charge is 0.469 e. The number of benzene rings is 1. The number of nitro benzene ring substituents is 1. The van der Waals surface area contributed by atoms with Crippen LogP contribution in [-0.2, 0) is 9.53 Å². The predicted molar refractivity (Wildman–Crippen MR) is 112 cm³/mol. The van der Waals surface area contributed by atoms with Crippen molar-refractivity contribution in [2.24, 2.45) is 11.3 Å². The van der Waals surface area contributed by atoms with Crippen LogP contribution in [0.25, 0.3) is 5.69 Å². The maximum atomic E-state index is 12.8. The van der Waals surface area contributed by atoms with Crippen molar-refractivity contribution >= 4 is 28.9 Å². The highest BCUT2D eigenvalue weighted by Crippen LogP contribution is 2.37. The lowest BCUT2D eigenvalue weighted by Crippen LogP contribution is -2.45. The van der Waals surface area contributed by atoms with Crippen molar-refractivity contribution < 1.29 is 14.5 Å². The lowest BCUT2D eigenvalue weighted by atomic mass is 9.74. The smallest absolute Gasteiger partial charge is 0.311 e. The summed E-state index contributed by atoms with van der Waals surface area (Å²) in [5.74, 6) is -0.237. The molecule has 0 N–H and O–H groups in total. The first kappa shape index (κ1) is 21.8. The summed E-state index contributed by atoms with van der Waals surface area (Å²) in [4.78, 5) is 37.3. The first-order valence-corrected chi connectivity index (χ1v) is 9.90. The number of ether oxygens (including phenoxy) is 1. The minimum atomic E-state index is -0.666. The molecule has 1 aromatic carbocycles. The second-order valence-electron chi connectivity index (χ2n) is 7.83. The van der Waals surface area contributed by atoms with Crippen molar-refractivity contribution in [3.8, 4) is 5.69 Å². The molecule has 2 heterocycles. The van der Waals surface area contributed by atoms with Crippen LogP contribution in [-0.4, -0.2) is 40.9 Å². The Morgan fingerprint density at radius 1 is 1.33 bits per heavy atom. The van der Waals surface area contributed by atoms with Gasteiger partial charge in [0.25, 0.3) is 11.2 Å². The molecule has 30 heavy (non-hydrogen) atoms. The van der Waals surface area contributed by atoms with E-state index in [1.54, 1.807) is 0 Å². The summed E-state index contributed by atoms with van der Waals surface area (Å²) in [6, 6.07) is 5.49. The molecule has 1 atom stereocenters. The molecule has 1 unspecified atom stereocenters. The Morgan fingerprint density at radius 3 is 2.60 bits per heavy atom. The molecule has 2 aromatic rings. The van der Waals surface area contributed by atoms with Gasteiger partial charge in [-0.3, -0.25) is 19.7 Å². The van der Waals surface area contributed by atoms with Crippen LogP contribution >= 0.6 is 11.6 Å². The highest BCUT2D eigenvalue weighted by molar-refractivity contribution is 6.33. The molecule has 0 aliphatic carbocycles. The molecule has 1 saturated heterocycles. The Bertz CT molecular complexity index is 1020. The molecular formula is C20H23ClN4O5. The summed E-state index contributed by atoms with van der Waals surface area (Å²) in [5, 5.41) is 15.0. The van der Waals surface area contributed by atoms with Crippen LogP contribution in [0.1, 0.15) is 26.7 Å². The average molecular weight is 435 g/mol. The van der Waals surface area contributed by atoms with Gasteiger partial charge in [0.15, 0.2) is 0 Å². The topological polar surface area (TPSA) is 108 Å². The zero-order chi connectivity index (χ0) is 22.1. The minimum absolute atomic E-state index is 0.0138. The van der Waals surface area contributed by atoms with Crippen LogP contribution in [0.4, 0.5) is 11.4 Å². The quantitative estimate of drug-likeness (QED) is 0.404. The van der Waals surface area contributed by atoms with E-state index in [1.165, 1.54) is 37.6 Å². The maximum absolute atomic E-state index is 12.8. The van der Waals surface area contributed by atoms with E-state index in [4.69, 9.17) is 16.3 Å². The molecule has 9 nitrogen and oxygen atoms in total. The monoisotopic (exact) mass is 434 g/mol. The van der Waals surface area contributed by atoms with E-state index in [2.05, 4.69) is 5.10 Å². The number of hydrogen-bond acceptors (Lipinski definition) is 7. The van der Waals surface area contributed by atoms with E-state index in [-0.39, 0.29) is 22.6 Å². The van der Waals surface area contributed by atoms with Crippen LogP contribution in [0, 0.1) is 21.4 Å². The molecule has 0 spiro atoms.